The summed E-state index contributed by atoms with van der Waals surface area (Å²) >= 11 is 0. The molecule has 0 bridgehead atoms. The maximum Gasteiger partial charge on any atom is 0.248 e. The minimum absolute atomic E-state index is 0.0123. The lowest BCUT2D eigenvalue weighted by Gasteiger charge is -2.32. The Morgan fingerprint density at radius 2 is 1.88 bits per heavy atom. The fourth-order valence-corrected chi connectivity index (χ4v) is 1.96. The number of carbonyl (C=O) groups excluding carboxylic acids is 2. The Balaban J connectivity index is 2.39. The highest BCUT2D eigenvalue weighted by Crippen LogP contribution is 2.18. The van der Waals surface area contributed by atoms with E-state index in [9.17, 15) is 9.59 Å². The summed E-state index contributed by atoms with van der Waals surface area (Å²) in [6.07, 6.45) is 1.51. The maximum atomic E-state index is 11.7. The normalized spacial score (nSPS) is 17.3. The Morgan fingerprint density at radius 3 is 2.31 bits per heavy atom. The van der Waals surface area contributed by atoms with Crippen molar-refractivity contribution < 1.29 is 14.3 Å². The fraction of sp³-hybridized carbons (Fsp3) is 0.818. The van der Waals surface area contributed by atoms with Gasteiger partial charge < -0.3 is 14.5 Å². The highest BCUT2D eigenvalue weighted by Gasteiger charge is 2.27. The van der Waals surface area contributed by atoms with Crippen LogP contribution < -0.4 is 0 Å². The number of amides is 2. The van der Waals surface area contributed by atoms with Gasteiger partial charge in [-0.15, -0.1) is 0 Å². The second-order valence-electron chi connectivity index (χ2n) is 4.32. The molecule has 0 radical (unpaired) electrons. The van der Waals surface area contributed by atoms with Gasteiger partial charge in [-0.05, 0) is 12.8 Å². The molecule has 2 amide bonds. The molecule has 0 aromatic rings. The Morgan fingerprint density at radius 1 is 1.31 bits per heavy atom. The van der Waals surface area contributed by atoms with E-state index in [-0.39, 0.29) is 24.3 Å². The number of methoxy groups -OCH3 is 1. The van der Waals surface area contributed by atoms with E-state index in [4.69, 9.17) is 4.74 Å². The van der Waals surface area contributed by atoms with Gasteiger partial charge in [0.25, 0.3) is 0 Å². The molecule has 5 nitrogen and oxygen atoms in total. The van der Waals surface area contributed by atoms with E-state index in [2.05, 4.69) is 0 Å². The molecule has 0 aromatic carbocycles. The minimum atomic E-state index is 0.0123. The predicted octanol–water partition coefficient (Wildman–Crippen LogP) is -0.0404. The van der Waals surface area contributed by atoms with Gasteiger partial charge in [-0.2, -0.15) is 0 Å². The van der Waals surface area contributed by atoms with Crippen LogP contribution >= 0.6 is 0 Å². The summed E-state index contributed by atoms with van der Waals surface area (Å²) in [4.78, 5) is 26.6. The topological polar surface area (TPSA) is 49.9 Å². The summed E-state index contributed by atoms with van der Waals surface area (Å²) in [5, 5.41) is 0. The van der Waals surface area contributed by atoms with Gasteiger partial charge in [0, 0.05) is 40.2 Å². The van der Waals surface area contributed by atoms with Gasteiger partial charge in [-0.1, -0.05) is 0 Å². The van der Waals surface area contributed by atoms with E-state index in [0.29, 0.717) is 13.1 Å². The molecular formula is C11H20N2O3. The summed E-state index contributed by atoms with van der Waals surface area (Å²) in [7, 11) is 5.05. The van der Waals surface area contributed by atoms with Gasteiger partial charge >= 0.3 is 0 Å². The van der Waals surface area contributed by atoms with E-state index in [0.717, 1.165) is 12.8 Å². The quantitative estimate of drug-likeness (QED) is 0.681. The smallest absolute Gasteiger partial charge is 0.248 e. The number of piperidine rings is 1. The van der Waals surface area contributed by atoms with Crippen molar-refractivity contribution in [2.45, 2.75) is 12.8 Å². The van der Waals surface area contributed by atoms with Gasteiger partial charge in [-0.25, -0.2) is 0 Å². The number of rotatable bonds is 3. The largest absolute Gasteiger partial charge is 0.375 e. The van der Waals surface area contributed by atoms with Crippen LogP contribution in [0.2, 0.25) is 0 Å². The zero-order valence-corrected chi connectivity index (χ0v) is 10.2. The average molecular weight is 228 g/mol. The van der Waals surface area contributed by atoms with Crippen molar-refractivity contribution in [2.75, 3.05) is 40.9 Å². The van der Waals surface area contributed by atoms with Crippen LogP contribution in [0, 0.1) is 5.92 Å². The molecule has 1 aliphatic heterocycles. The van der Waals surface area contributed by atoms with E-state index in [1.54, 1.807) is 23.9 Å². The van der Waals surface area contributed by atoms with Crippen LogP contribution in [0.15, 0.2) is 0 Å². The Bertz CT molecular complexity index is 258. The van der Waals surface area contributed by atoms with Crippen LogP contribution in [0.5, 0.6) is 0 Å². The summed E-state index contributed by atoms with van der Waals surface area (Å²) in [6, 6.07) is 0. The zero-order chi connectivity index (χ0) is 12.1. The second-order valence-corrected chi connectivity index (χ2v) is 4.32. The zero-order valence-electron chi connectivity index (χ0n) is 10.2. The molecule has 5 heteroatoms. The summed E-state index contributed by atoms with van der Waals surface area (Å²) in [5.74, 6) is 0.249. The van der Waals surface area contributed by atoms with E-state index in [1.807, 2.05) is 0 Å². The summed E-state index contributed by atoms with van der Waals surface area (Å²) < 4.78 is 4.80. The molecule has 16 heavy (non-hydrogen) atoms. The highest BCUT2D eigenvalue weighted by atomic mass is 16.5. The third-order valence-electron chi connectivity index (χ3n) is 2.91. The van der Waals surface area contributed by atoms with Gasteiger partial charge in [-0.3, -0.25) is 9.59 Å². The van der Waals surface area contributed by atoms with Crippen molar-refractivity contribution >= 4 is 11.8 Å². The molecule has 92 valence electrons. The third-order valence-corrected chi connectivity index (χ3v) is 2.91. The fourth-order valence-electron chi connectivity index (χ4n) is 1.96. The van der Waals surface area contributed by atoms with Gasteiger partial charge in [0.05, 0.1) is 0 Å². The summed E-state index contributed by atoms with van der Waals surface area (Å²) in [5.41, 5.74) is 0. The highest BCUT2D eigenvalue weighted by molar-refractivity contribution is 5.80. The van der Waals surface area contributed by atoms with Crippen LogP contribution in [0.4, 0.5) is 0 Å². The standard InChI is InChI=1S/C11H20N2O3/c1-12(2)11(15)9-4-6-13(7-5-9)10(14)8-16-3/h9H,4-8H2,1-3H3. The molecule has 0 aliphatic carbocycles. The molecule has 0 N–H and O–H groups in total. The maximum absolute atomic E-state index is 11.7. The lowest BCUT2D eigenvalue weighted by molar-refractivity contribution is -0.141. The molecule has 1 saturated heterocycles. The Kier molecular flexibility index (Phi) is 4.73. The first-order valence-electron chi connectivity index (χ1n) is 5.54. The first-order valence-corrected chi connectivity index (χ1v) is 5.54. The SMILES string of the molecule is COCC(=O)N1CCC(C(=O)N(C)C)CC1. The van der Waals surface area contributed by atoms with Crippen LogP contribution in [0.25, 0.3) is 0 Å². The number of likely N-dealkylation sites (tertiary alicyclic amines) is 1. The molecule has 0 spiro atoms. The van der Waals surface area contributed by atoms with Crippen molar-refractivity contribution in [1.29, 1.82) is 0 Å². The molecule has 1 fully saturated rings. The predicted molar refractivity (Wildman–Crippen MR) is 59.9 cm³/mol. The molecule has 1 heterocycles. The molecule has 0 saturated carbocycles. The monoisotopic (exact) mass is 228 g/mol. The number of hydrogen-bond acceptors (Lipinski definition) is 3. The van der Waals surface area contributed by atoms with Crippen molar-refractivity contribution in [1.82, 2.24) is 9.80 Å². The van der Waals surface area contributed by atoms with Gasteiger partial charge in [0.2, 0.25) is 11.8 Å². The van der Waals surface area contributed by atoms with E-state index in [1.165, 1.54) is 7.11 Å². The number of ether oxygens (including phenoxy) is 1. The Hall–Kier alpha value is -1.10. The van der Waals surface area contributed by atoms with Crippen molar-refractivity contribution in [3.8, 4) is 0 Å². The average Bonchev–Trinajstić information content (AvgIpc) is 2.28. The molecule has 0 atom stereocenters. The van der Waals surface area contributed by atoms with Gasteiger partial charge in [0.1, 0.15) is 6.61 Å². The minimum Gasteiger partial charge on any atom is -0.375 e. The second kappa shape index (κ2) is 5.84. The van der Waals surface area contributed by atoms with Crippen LogP contribution in [-0.4, -0.2) is 62.5 Å². The first kappa shape index (κ1) is 13.0. The van der Waals surface area contributed by atoms with Crippen LogP contribution in [0.3, 0.4) is 0 Å². The summed E-state index contributed by atoms with van der Waals surface area (Å²) in [6.45, 7) is 1.45. The number of carbonyl (C=O) groups is 2. The van der Waals surface area contributed by atoms with Gasteiger partial charge in [0.15, 0.2) is 0 Å². The Labute approximate surface area is 96.3 Å². The lowest BCUT2D eigenvalue weighted by atomic mass is 9.95. The number of hydrogen-bond donors (Lipinski definition) is 0. The molecule has 0 aromatic heterocycles. The van der Waals surface area contributed by atoms with Crippen molar-refractivity contribution in [3.63, 3.8) is 0 Å². The molecule has 0 unspecified atom stereocenters. The molecular weight excluding hydrogens is 208 g/mol. The first-order chi connectivity index (χ1) is 7.56. The lowest BCUT2D eigenvalue weighted by Crippen LogP contribution is -2.43. The van der Waals surface area contributed by atoms with E-state index >= 15 is 0 Å². The third kappa shape index (κ3) is 3.20. The van der Waals surface area contributed by atoms with Crippen molar-refractivity contribution in [3.05, 3.63) is 0 Å². The van der Waals surface area contributed by atoms with Crippen LogP contribution in [-0.2, 0) is 14.3 Å². The van der Waals surface area contributed by atoms with E-state index < -0.39 is 0 Å². The number of nitrogens with zero attached hydrogens (tertiary/aromatic N) is 2. The molecule has 1 rings (SSSR count). The molecule has 1 aliphatic rings. The van der Waals surface area contributed by atoms with Crippen LogP contribution in [0.1, 0.15) is 12.8 Å². The van der Waals surface area contributed by atoms with Crippen molar-refractivity contribution in [2.24, 2.45) is 5.92 Å².